The highest BCUT2D eigenvalue weighted by molar-refractivity contribution is 6.10. The first-order valence-electron chi connectivity index (χ1n) is 11.4. The lowest BCUT2D eigenvalue weighted by atomic mass is 9.91. The molecule has 3 aliphatic rings. The van der Waals surface area contributed by atoms with Gasteiger partial charge in [0.2, 0.25) is 5.91 Å². The molecule has 7 nitrogen and oxygen atoms in total. The summed E-state index contributed by atoms with van der Waals surface area (Å²) in [5.41, 5.74) is 2.02. The van der Waals surface area contributed by atoms with Crippen molar-refractivity contribution in [1.82, 2.24) is 15.1 Å². The minimum Gasteiger partial charge on any atom is -0.334 e. The maximum atomic E-state index is 13.5. The Labute approximate surface area is 193 Å². The molecular formula is C26H26N4O3. The van der Waals surface area contributed by atoms with Crippen molar-refractivity contribution >= 4 is 17.8 Å². The van der Waals surface area contributed by atoms with Crippen molar-refractivity contribution in [1.29, 1.82) is 5.26 Å². The number of nitrogens with one attached hydrogen (secondary N) is 1. The Balaban J connectivity index is 1.37. The molecule has 2 atom stereocenters. The molecule has 0 aromatic heterocycles. The summed E-state index contributed by atoms with van der Waals surface area (Å²) in [5, 5.41) is 12.0. The topological polar surface area (TPSA) is 93.5 Å². The predicted octanol–water partition coefficient (Wildman–Crippen LogP) is 3.08. The zero-order valence-corrected chi connectivity index (χ0v) is 18.6. The second kappa shape index (κ2) is 8.04. The predicted molar refractivity (Wildman–Crippen MR) is 121 cm³/mol. The summed E-state index contributed by atoms with van der Waals surface area (Å²) in [7, 11) is 0. The molecule has 2 fully saturated rings. The van der Waals surface area contributed by atoms with Crippen LogP contribution in [0, 0.1) is 17.2 Å². The summed E-state index contributed by atoms with van der Waals surface area (Å²) in [6, 6.07) is 16.6. The summed E-state index contributed by atoms with van der Waals surface area (Å²) >= 11 is 0. The van der Waals surface area contributed by atoms with Crippen molar-refractivity contribution in [2.75, 3.05) is 6.54 Å². The first kappa shape index (κ1) is 21.2. The van der Waals surface area contributed by atoms with Gasteiger partial charge in [-0.2, -0.15) is 5.26 Å². The summed E-state index contributed by atoms with van der Waals surface area (Å²) < 4.78 is 0. The molecule has 4 amide bonds. The van der Waals surface area contributed by atoms with Gasteiger partial charge in [0.25, 0.3) is 5.91 Å². The zero-order chi connectivity index (χ0) is 23.2. The van der Waals surface area contributed by atoms with E-state index in [1.165, 1.54) is 0 Å². The molecule has 168 valence electrons. The van der Waals surface area contributed by atoms with Crippen LogP contribution in [-0.2, 0) is 28.1 Å². The van der Waals surface area contributed by atoms with Crippen LogP contribution in [0.15, 0.2) is 48.5 Å². The van der Waals surface area contributed by atoms with E-state index in [0.29, 0.717) is 30.9 Å². The number of rotatable bonds is 6. The van der Waals surface area contributed by atoms with Crippen LogP contribution in [0.1, 0.15) is 48.4 Å². The minimum atomic E-state index is -1.15. The largest absolute Gasteiger partial charge is 0.334 e. The van der Waals surface area contributed by atoms with Gasteiger partial charge in [0.15, 0.2) is 0 Å². The van der Waals surface area contributed by atoms with Crippen LogP contribution < -0.4 is 5.32 Å². The van der Waals surface area contributed by atoms with Gasteiger partial charge in [-0.1, -0.05) is 36.4 Å². The molecule has 2 aliphatic carbocycles. The number of amides is 4. The number of hydrogen-bond acceptors (Lipinski definition) is 4. The summed E-state index contributed by atoms with van der Waals surface area (Å²) in [6.45, 7) is 2.22. The van der Waals surface area contributed by atoms with Crippen molar-refractivity contribution in [2.24, 2.45) is 5.92 Å². The maximum Gasteiger partial charge on any atom is 0.325 e. The van der Waals surface area contributed by atoms with E-state index < -0.39 is 11.6 Å². The van der Waals surface area contributed by atoms with Crippen molar-refractivity contribution in [3.63, 3.8) is 0 Å². The Bertz CT molecular complexity index is 1170. The van der Waals surface area contributed by atoms with Crippen LogP contribution >= 0.6 is 0 Å². The highest BCUT2D eigenvalue weighted by Crippen LogP contribution is 2.42. The second-order valence-corrected chi connectivity index (χ2v) is 9.30. The van der Waals surface area contributed by atoms with Gasteiger partial charge in [-0.25, -0.2) is 4.79 Å². The third-order valence-corrected chi connectivity index (χ3v) is 7.24. The maximum absolute atomic E-state index is 13.5. The van der Waals surface area contributed by atoms with Crippen LogP contribution in [-0.4, -0.2) is 40.2 Å². The molecule has 2 aromatic carbocycles. The first-order chi connectivity index (χ1) is 15.9. The van der Waals surface area contributed by atoms with Gasteiger partial charge in [-0.3, -0.25) is 14.5 Å². The van der Waals surface area contributed by atoms with E-state index in [2.05, 4.69) is 11.4 Å². The molecule has 0 unspecified atom stereocenters. The number of urea groups is 1. The van der Waals surface area contributed by atoms with Crippen LogP contribution in [0.25, 0.3) is 0 Å². The average molecular weight is 443 g/mol. The smallest absolute Gasteiger partial charge is 0.325 e. The number of imide groups is 1. The number of nitriles is 1. The first-order valence-corrected chi connectivity index (χ1v) is 11.4. The number of nitrogens with zero attached hydrogens (tertiary/aromatic N) is 3. The molecule has 33 heavy (non-hydrogen) atoms. The van der Waals surface area contributed by atoms with E-state index in [0.717, 1.165) is 34.4 Å². The molecule has 1 saturated heterocycles. The van der Waals surface area contributed by atoms with Crippen molar-refractivity contribution in [3.8, 4) is 6.07 Å². The van der Waals surface area contributed by atoms with Crippen molar-refractivity contribution in [2.45, 2.75) is 50.7 Å². The van der Waals surface area contributed by atoms with Gasteiger partial charge in [0, 0.05) is 12.6 Å². The third kappa shape index (κ3) is 3.66. The SMILES string of the molecule is C[C@@H](C1CC1)N(Cc1ccccc1)C(=O)CN1C(=O)N[C@]2(CCc3cc(C#N)ccc32)C1=O. The molecular weight excluding hydrogens is 416 g/mol. The van der Waals surface area contributed by atoms with E-state index in [1.807, 2.05) is 37.3 Å². The molecule has 1 aliphatic heterocycles. The fourth-order valence-corrected chi connectivity index (χ4v) is 5.16. The molecule has 1 saturated carbocycles. The van der Waals surface area contributed by atoms with Crippen molar-refractivity contribution < 1.29 is 14.4 Å². The van der Waals surface area contributed by atoms with Crippen molar-refractivity contribution in [3.05, 3.63) is 70.8 Å². The number of fused-ring (bicyclic) bond motifs is 2. The fourth-order valence-electron chi connectivity index (χ4n) is 5.16. The van der Waals surface area contributed by atoms with Gasteiger partial charge in [0.05, 0.1) is 11.6 Å². The Morgan fingerprint density at radius 1 is 1.24 bits per heavy atom. The number of aryl methyl sites for hydroxylation is 1. The molecule has 0 bridgehead atoms. The molecule has 5 rings (SSSR count). The van der Waals surface area contributed by atoms with Crippen LogP contribution in [0.4, 0.5) is 4.79 Å². The van der Waals surface area contributed by atoms with E-state index in [1.54, 1.807) is 23.1 Å². The molecule has 1 heterocycles. The van der Waals surface area contributed by atoms with Crippen LogP contribution in [0.2, 0.25) is 0 Å². The highest BCUT2D eigenvalue weighted by Gasteiger charge is 2.56. The third-order valence-electron chi connectivity index (χ3n) is 7.24. The fraction of sp³-hybridized carbons (Fsp3) is 0.385. The van der Waals surface area contributed by atoms with Gasteiger partial charge in [0.1, 0.15) is 12.1 Å². The quantitative estimate of drug-likeness (QED) is 0.696. The van der Waals surface area contributed by atoms with Gasteiger partial charge < -0.3 is 10.2 Å². The number of benzene rings is 2. The molecule has 1 spiro atoms. The lowest BCUT2D eigenvalue weighted by Gasteiger charge is -2.31. The Morgan fingerprint density at radius 3 is 2.70 bits per heavy atom. The van der Waals surface area contributed by atoms with Gasteiger partial charge >= 0.3 is 6.03 Å². The highest BCUT2D eigenvalue weighted by atomic mass is 16.2. The monoisotopic (exact) mass is 442 g/mol. The van der Waals surface area contributed by atoms with Crippen LogP contribution in [0.3, 0.4) is 0 Å². The molecule has 0 radical (unpaired) electrons. The summed E-state index contributed by atoms with van der Waals surface area (Å²) in [4.78, 5) is 42.7. The van der Waals surface area contributed by atoms with Gasteiger partial charge in [-0.15, -0.1) is 0 Å². The number of hydrogen-bond donors (Lipinski definition) is 1. The summed E-state index contributed by atoms with van der Waals surface area (Å²) in [5.74, 6) is -0.150. The Morgan fingerprint density at radius 2 is 2.00 bits per heavy atom. The molecule has 2 aromatic rings. The zero-order valence-electron chi connectivity index (χ0n) is 18.6. The van der Waals surface area contributed by atoms with E-state index in [9.17, 15) is 14.4 Å². The number of carbonyl (C=O) groups is 3. The molecule has 7 heteroatoms. The molecule has 1 N–H and O–H groups in total. The normalized spacial score (nSPS) is 22.1. The summed E-state index contributed by atoms with van der Waals surface area (Å²) in [6.07, 6.45) is 3.21. The second-order valence-electron chi connectivity index (χ2n) is 9.30. The Hall–Kier alpha value is -3.66. The Kier molecular flexibility index (Phi) is 5.16. The lowest BCUT2D eigenvalue weighted by molar-refractivity contribution is -0.141. The minimum absolute atomic E-state index is 0.0454. The standard InChI is InChI=1S/C26H26N4O3/c1-17(20-8-9-20)29(15-18-5-3-2-4-6-18)23(31)16-30-24(32)26(28-25(30)33)12-11-21-13-19(14-27)7-10-22(21)26/h2-7,10,13,17,20H,8-9,11-12,15-16H2,1H3,(H,28,33)/t17-,26-/m0/s1. The van der Waals surface area contributed by atoms with Crippen LogP contribution in [0.5, 0.6) is 0 Å². The van der Waals surface area contributed by atoms with E-state index in [-0.39, 0.29) is 24.4 Å². The van der Waals surface area contributed by atoms with E-state index in [4.69, 9.17) is 5.26 Å². The average Bonchev–Trinajstić information content (AvgIpc) is 3.58. The number of carbonyl (C=O) groups excluding carboxylic acids is 3. The van der Waals surface area contributed by atoms with Gasteiger partial charge in [-0.05, 0) is 67.3 Å². The van der Waals surface area contributed by atoms with E-state index >= 15 is 0 Å². The lowest BCUT2D eigenvalue weighted by Crippen LogP contribution is -2.47.